The number of carbonyl (C=O) groups excluding carboxylic acids is 1. The van der Waals surface area contributed by atoms with E-state index in [-0.39, 0.29) is 16.3 Å². The molecule has 0 bridgehead atoms. The molecule has 0 fully saturated rings. The quantitative estimate of drug-likeness (QED) is 0.462. The van der Waals surface area contributed by atoms with Crippen molar-refractivity contribution in [2.75, 3.05) is 0 Å². The summed E-state index contributed by atoms with van der Waals surface area (Å²) in [5.74, 6) is -1.28. The highest BCUT2D eigenvalue weighted by Crippen LogP contribution is 2.26. The van der Waals surface area contributed by atoms with Crippen molar-refractivity contribution < 1.29 is 19.4 Å². The van der Waals surface area contributed by atoms with Gasteiger partial charge in [0, 0.05) is 0 Å². The Morgan fingerprint density at radius 1 is 1.40 bits per heavy atom. The second-order valence-electron chi connectivity index (χ2n) is 3.50. The summed E-state index contributed by atoms with van der Waals surface area (Å²) in [5, 5.41) is 8.77. The molecule has 4 nitrogen and oxygen atoms in total. The van der Waals surface area contributed by atoms with Crippen molar-refractivity contribution in [3.8, 4) is 0 Å². The second-order valence-corrected chi connectivity index (χ2v) is 5.37. The molecule has 0 aliphatic carbocycles. The second kappa shape index (κ2) is 6.30. The Hall–Kier alpha value is -0.330. The summed E-state index contributed by atoms with van der Waals surface area (Å²) in [6, 6.07) is 0. The van der Waals surface area contributed by atoms with Crippen molar-refractivity contribution in [3.63, 3.8) is 0 Å². The van der Waals surface area contributed by atoms with E-state index in [0.29, 0.717) is 12.8 Å². The lowest BCUT2D eigenvalue weighted by Crippen LogP contribution is -2.38. The molecule has 0 aromatic heterocycles. The first-order chi connectivity index (χ1) is 6.87. The van der Waals surface area contributed by atoms with Gasteiger partial charge in [0.05, 0.1) is 6.42 Å². The van der Waals surface area contributed by atoms with Crippen LogP contribution in [-0.4, -0.2) is 26.6 Å². The number of alkyl halides is 1. The number of halogens is 1. The third kappa shape index (κ3) is 4.81. The number of ether oxygens (including phenoxy) is 1. The van der Waals surface area contributed by atoms with Crippen LogP contribution in [0.1, 0.15) is 40.0 Å². The van der Waals surface area contributed by atoms with Gasteiger partial charge in [0.2, 0.25) is 0 Å². The minimum atomic E-state index is -0.937. The number of esters is 1. The molecule has 0 radical (unpaired) electrons. The molecule has 1 unspecified atom stereocenters. The van der Waals surface area contributed by atoms with Crippen molar-refractivity contribution in [3.05, 3.63) is 0 Å². The van der Waals surface area contributed by atoms with Crippen molar-refractivity contribution in [1.29, 1.82) is 0 Å². The summed E-state index contributed by atoms with van der Waals surface area (Å²) in [6.07, 6.45) is 0.908. The molecular weight excluding hydrogens is 311 g/mol. The largest absolute Gasteiger partial charge is 0.481 e. The van der Waals surface area contributed by atoms with Gasteiger partial charge < -0.3 is 9.84 Å². The fourth-order valence-corrected chi connectivity index (χ4v) is 1.38. The maximum Gasteiger partial charge on any atom is 0.319 e. The van der Waals surface area contributed by atoms with Gasteiger partial charge in [-0.1, -0.05) is 36.4 Å². The molecule has 0 aliphatic rings. The molecule has 5 heteroatoms. The minimum Gasteiger partial charge on any atom is -0.481 e. The summed E-state index contributed by atoms with van der Waals surface area (Å²) in [7, 11) is 0. The highest BCUT2D eigenvalue weighted by molar-refractivity contribution is 14.1. The molecule has 0 amide bonds. The van der Waals surface area contributed by atoms with E-state index in [9.17, 15) is 9.59 Å². The van der Waals surface area contributed by atoms with E-state index in [4.69, 9.17) is 9.84 Å². The Morgan fingerprint density at radius 2 is 1.87 bits per heavy atom. The Labute approximate surface area is 104 Å². The summed E-state index contributed by atoms with van der Waals surface area (Å²) in [5.41, 5.74) is -0.845. The van der Waals surface area contributed by atoms with Crippen LogP contribution in [0, 0.1) is 0 Å². The Bertz CT molecular complexity index is 234. The van der Waals surface area contributed by atoms with E-state index in [0.717, 1.165) is 0 Å². The van der Waals surface area contributed by atoms with Gasteiger partial charge >= 0.3 is 11.9 Å². The van der Waals surface area contributed by atoms with Crippen LogP contribution in [0.15, 0.2) is 0 Å². The number of carboxylic acid groups (broad SMARTS) is 1. The molecular formula is C10H17IO4. The van der Waals surface area contributed by atoms with Gasteiger partial charge in [-0.3, -0.25) is 9.59 Å². The number of carboxylic acids is 1. The first-order valence-electron chi connectivity index (χ1n) is 4.95. The molecule has 1 N–H and O–H groups in total. The predicted molar refractivity (Wildman–Crippen MR) is 65.1 cm³/mol. The Balaban J connectivity index is 4.63. The van der Waals surface area contributed by atoms with Crippen LogP contribution in [0.2, 0.25) is 0 Å². The fourth-order valence-electron chi connectivity index (χ4n) is 1.25. The fraction of sp³-hybridized carbons (Fsp3) is 0.800. The van der Waals surface area contributed by atoms with Crippen LogP contribution < -0.4 is 0 Å². The lowest BCUT2D eigenvalue weighted by Gasteiger charge is -2.30. The smallest absolute Gasteiger partial charge is 0.319 e. The maximum atomic E-state index is 11.4. The van der Waals surface area contributed by atoms with Crippen molar-refractivity contribution in [2.45, 2.75) is 49.6 Å². The van der Waals surface area contributed by atoms with Crippen LogP contribution in [0.4, 0.5) is 0 Å². The monoisotopic (exact) mass is 328 g/mol. The van der Waals surface area contributed by atoms with Crippen LogP contribution in [0.5, 0.6) is 0 Å². The van der Waals surface area contributed by atoms with E-state index in [1.54, 1.807) is 6.92 Å². The van der Waals surface area contributed by atoms with E-state index in [1.165, 1.54) is 0 Å². The summed E-state index contributed by atoms with van der Waals surface area (Å²) in [4.78, 5) is 22.1. The first-order valence-corrected chi connectivity index (χ1v) is 6.20. The lowest BCUT2D eigenvalue weighted by molar-refractivity contribution is -0.164. The summed E-state index contributed by atoms with van der Waals surface area (Å²) < 4.78 is 5.03. The van der Waals surface area contributed by atoms with Gasteiger partial charge in [0.25, 0.3) is 0 Å². The molecule has 0 saturated carbocycles. The van der Waals surface area contributed by atoms with Crippen LogP contribution in [0.3, 0.4) is 0 Å². The van der Waals surface area contributed by atoms with Gasteiger partial charge in [0.1, 0.15) is 9.53 Å². The predicted octanol–water partition coefficient (Wildman–Crippen LogP) is 2.39. The molecule has 0 aromatic carbocycles. The van der Waals surface area contributed by atoms with Crippen molar-refractivity contribution in [2.24, 2.45) is 0 Å². The Kier molecular flexibility index (Phi) is 6.16. The average molecular weight is 328 g/mol. The molecule has 0 rings (SSSR count). The normalized spacial score (nSPS) is 13.3. The van der Waals surface area contributed by atoms with Gasteiger partial charge in [0.15, 0.2) is 0 Å². The maximum absolute atomic E-state index is 11.4. The van der Waals surface area contributed by atoms with Crippen molar-refractivity contribution >= 4 is 34.5 Å². The van der Waals surface area contributed by atoms with E-state index < -0.39 is 11.6 Å². The highest BCUT2D eigenvalue weighted by atomic mass is 127. The number of hydrogen-bond acceptors (Lipinski definition) is 3. The van der Waals surface area contributed by atoms with Gasteiger partial charge in [-0.05, 0) is 19.8 Å². The third-order valence-electron chi connectivity index (χ3n) is 2.40. The number of aliphatic carboxylic acids is 1. The summed E-state index contributed by atoms with van der Waals surface area (Å²) in [6.45, 7) is 5.38. The highest BCUT2D eigenvalue weighted by Gasteiger charge is 2.34. The first kappa shape index (κ1) is 14.7. The van der Waals surface area contributed by atoms with E-state index in [1.807, 2.05) is 36.4 Å². The molecule has 0 spiro atoms. The number of rotatable bonds is 6. The van der Waals surface area contributed by atoms with Crippen LogP contribution in [0.25, 0.3) is 0 Å². The van der Waals surface area contributed by atoms with E-state index >= 15 is 0 Å². The standard InChI is InChI=1S/C10H17IO4/c1-4-10(5-2,6-8(12)13)15-9(14)7(3)11/h7H,4-6H2,1-3H3,(H,12,13). The minimum absolute atomic E-state index is 0.130. The zero-order valence-electron chi connectivity index (χ0n) is 9.25. The SMILES string of the molecule is CCC(CC)(CC(=O)O)OC(=O)C(C)I. The zero-order chi connectivity index (χ0) is 12.1. The Morgan fingerprint density at radius 3 is 2.13 bits per heavy atom. The molecule has 15 heavy (non-hydrogen) atoms. The molecule has 0 heterocycles. The van der Waals surface area contributed by atoms with Crippen molar-refractivity contribution in [1.82, 2.24) is 0 Å². The average Bonchev–Trinajstić information content (AvgIpc) is 2.15. The molecule has 1 atom stereocenters. The van der Waals surface area contributed by atoms with Gasteiger partial charge in [-0.25, -0.2) is 0 Å². The van der Waals surface area contributed by atoms with Gasteiger partial charge in [-0.15, -0.1) is 0 Å². The molecule has 0 aliphatic heterocycles. The van der Waals surface area contributed by atoms with E-state index in [2.05, 4.69) is 0 Å². The van der Waals surface area contributed by atoms with Crippen LogP contribution >= 0.6 is 22.6 Å². The number of carbonyl (C=O) groups is 2. The molecule has 0 aromatic rings. The topological polar surface area (TPSA) is 63.6 Å². The zero-order valence-corrected chi connectivity index (χ0v) is 11.4. The molecule has 88 valence electrons. The van der Waals surface area contributed by atoms with Gasteiger partial charge in [-0.2, -0.15) is 0 Å². The number of hydrogen-bond donors (Lipinski definition) is 1. The third-order valence-corrected chi connectivity index (χ3v) is 2.91. The summed E-state index contributed by atoms with van der Waals surface area (Å²) >= 11 is 1.95. The molecule has 0 saturated heterocycles. The lowest BCUT2D eigenvalue weighted by atomic mass is 9.93. The van der Waals surface area contributed by atoms with Crippen LogP contribution in [-0.2, 0) is 14.3 Å².